The summed E-state index contributed by atoms with van der Waals surface area (Å²) >= 11 is 0. The average molecular weight is 313 g/mol. The Morgan fingerprint density at radius 3 is 2.52 bits per heavy atom. The first-order chi connectivity index (χ1) is 9.88. The van der Waals surface area contributed by atoms with Crippen LogP contribution in [-0.2, 0) is 21.2 Å². The van der Waals surface area contributed by atoms with E-state index in [0.29, 0.717) is 25.9 Å². The van der Waals surface area contributed by atoms with Gasteiger partial charge in [-0.25, -0.2) is 8.42 Å². The predicted molar refractivity (Wildman–Crippen MR) is 80.5 cm³/mol. The van der Waals surface area contributed by atoms with E-state index < -0.39 is 9.84 Å². The van der Waals surface area contributed by atoms with E-state index in [-0.39, 0.29) is 29.4 Å². The van der Waals surface area contributed by atoms with Crippen molar-refractivity contribution in [2.45, 2.75) is 38.5 Å². The molecule has 2 heterocycles. The summed E-state index contributed by atoms with van der Waals surface area (Å²) < 4.78 is 26.0. The number of likely N-dealkylation sites (tertiary alicyclic amines) is 1. The Bertz CT molecular complexity index is 558. The summed E-state index contributed by atoms with van der Waals surface area (Å²) in [7, 11) is -3.04. The normalized spacial score (nSPS) is 17.4. The average Bonchev–Trinajstić information content (AvgIpc) is 2.90. The van der Waals surface area contributed by atoms with Crippen LogP contribution in [-0.4, -0.2) is 53.1 Å². The number of hydrogen-bond donors (Lipinski definition) is 0. The second kappa shape index (κ2) is 6.60. The maximum Gasteiger partial charge on any atom is 0.244 e. The number of rotatable bonds is 5. The van der Waals surface area contributed by atoms with Crippen LogP contribution in [0.2, 0.25) is 0 Å². The van der Waals surface area contributed by atoms with Gasteiger partial charge in [0.05, 0.1) is 11.0 Å². The summed E-state index contributed by atoms with van der Waals surface area (Å²) in [6, 6.07) is 1.78. The Balaban J connectivity index is 1.87. The number of piperidine rings is 1. The third-order valence-electron chi connectivity index (χ3n) is 3.72. The van der Waals surface area contributed by atoms with Crippen molar-refractivity contribution < 1.29 is 13.2 Å². The molecule has 1 amide bonds. The van der Waals surface area contributed by atoms with E-state index in [1.165, 1.54) is 0 Å². The number of carbonyl (C=O) groups is 1. The summed E-state index contributed by atoms with van der Waals surface area (Å²) in [6.07, 6.45) is 4.47. The predicted octanol–water partition coefficient (Wildman–Crippen LogP) is 0.945. The van der Waals surface area contributed by atoms with Gasteiger partial charge >= 0.3 is 0 Å². The van der Waals surface area contributed by atoms with Crippen molar-refractivity contribution in [1.29, 1.82) is 0 Å². The van der Waals surface area contributed by atoms with E-state index in [2.05, 4.69) is 5.10 Å². The summed E-state index contributed by atoms with van der Waals surface area (Å²) in [5, 5.41) is 3.71. The van der Waals surface area contributed by atoms with Gasteiger partial charge in [-0.1, -0.05) is 13.8 Å². The molecule has 0 unspecified atom stereocenters. The van der Waals surface area contributed by atoms with E-state index >= 15 is 0 Å². The summed E-state index contributed by atoms with van der Waals surface area (Å²) in [6.45, 7) is 5.08. The molecule has 6 nitrogen and oxygen atoms in total. The molecule has 21 heavy (non-hydrogen) atoms. The first kappa shape index (κ1) is 16.0. The van der Waals surface area contributed by atoms with E-state index in [9.17, 15) is 13.2 Å². The lowest BCUT2D eigenvalue weighted by atomic mass is 10.1. The Hall–Kier alpha value is -1.37. The molecule has 0 aliphatic carbocycles. The van der Waals surface area contributed by atoms with Gasteiger partial charge in [0.2, 0.25) is 5.91 Å². The minimum Gasteiger partial charge on any atom is -0.341 e. The van der Waals surface area contributed by atoms with Gasteiger partial charge in [-0.2, -0.15) is 5.10 Å². The van der Waals surface area contributed by atoms with Crippen LogP contribution in [0.1, 0.15) is 26.7 Å². The van der Waals surface area contributed by atoms with E-state index in [4.69, 9.17) is 0 Å². The van der Waals surface area contributed by atoms with E-state index in [1.54, 1.807) is 28.0 Å². The second-order valence-corrected chi connectivity index (χ2v) is 8.33. The Kier molecular flexibility index (Phi) is 5.03. The molecule has 0 spiro atoms. The van der Waals surface area contributed by atoms with Crippen molar-refractivity contribution >= 4 is 15.7 Å². The van der Waals surface area contributed by atoms with E-state index in [1.807, 2.05) is 13.8 Å². The molecule has 1 aliphatic heterocycles. The van der Waals surface area contributed by atoms with Crippen LogP contribution in [0, 0.1) is 5.92 Å². The quantitative estimate of drug-likeness (QED) is 0.811. The van der Waals surface area contributed by atoms with Crippen LogP contribution >= 0.6 is 0 Å². The molecule has 1 aromatic rings. The molecule has 0 bridgehead atoms. The van der Waals surface area contributed by atoms with Crippen LogP contribution < -0.4 is 0 Å². The smallest absolute Gasteiger partial charge is 0.244 e. The fourth-order valence-electron chi connectivity index (χ4n) is 2.70. The topological polar surface area (TPSA) is 72.3 Å². The van der Waals surface area contributed by atoms with Gasteiger partial charge in [-0.3, -0.25) is 9.48 Å². The lowest BCUT2D eigenvalue weighted by Crippen LogP contribution is -2.44. The molecular formula is C14H23N3O3S. The van der Waals surface area contributed by atoms with Gasteiger partial charge in [0.1, 0.15) is 6.54 Å². The Morgan fingerprint density at radius 1 is 1.33 bits per heavy atom. The molecule has 1 aliphatic rings. The first-order valence-corrected chi connectivity index (χ1v) is 9.07. The van der Waals surface area contributed by atoms with E-state index in [0.717, 1.165) is 0 Å². The Morgan fingerprint density at radius 2 is 2.00 bits per heavy atom. The summed E-state index contributed by atoms with van der Waals surface area (Å²) in [5.41, 5.74) is 0. The number of carbonyl (C=O) groups excluding carboxylic acids is 1. The van der Waals surface area contributed by atoms with Crippen LogP contribution in [0.15, 0.2) is 18.5 Å². The zero-order valence-electron chi connectivity index (χ0n) is 12.6. The molecule has 0 atom stereocenters. The lowest BCUT2D eigenvalue weighted by Gasteiger charge is -2.32. The van der Waals surface area contributed by atoms with Crippen LogP contribution in [0.5, 0.6) is 0 Å². The maximum absolute atomic E-state index is 12.2. The van der Waals surface area contributed by atoms with Crippen molar-refractivity contribution in [2.75, 3.05) is 18.8 Å². The van der Waals surface area contributed by atoms with Gasteiger partial charge < -0.3 is 4.90 Å². The fraction of sp³-hybridized carbons (Fsp3) is 0.714. The minimum absolute atomic E-state index is 0.00147. The van der Waals surface area contributed by atoms with Crippen LogP contribution in [0.3, 0.4) is 0 Å². The fourth-order valence-corrected chi connectivity index (χ4v) is 4.83. The number of amides is 1. The highest BCUT2D eigenvalue weighted by Gasteiger charge is 2.31. The number of sulfone groups is 1. The third-order valence-corrected chi connectivity index (χ3v) is 6.34. The maximum atomic E-state index is 12.2. The number of hydrogen-bond acceptors (Lipinski definition) is 4. The molecule has 0 aromatic carbocycles. The molecule has 0 N–H and O–H groups in total. The van der Waals surface area contributed by atoms with Crippen molar-refractivity contribution in [2.24, 2.45) is 5.92 Å². The van der Waals surface area contributed by atoms with Gasteiger partial charge in [-0.15, -0.1) is 0 Å². The van der Waals surface area contributed by atoms with Crippen LogP contribution in [0.4, 0.5) is 0 Å². The second-order valence-electron chi connectivity index (χ2n) is 6.01. The molecular weight excluding hydrogens is 290 g/mol. The summed E-state index contributed by atoms with van der Waals surface area (Å²) in [4.78, 5) is 13.9. The molecule has 1 saturated heterocycles. The molecule has 0 saturated carbocycles. The summed E-state index contributed by atoms with van der Waals surface area (Å²) in [5.74, 6) is 0.381. The molecule has 1 aromatic heterocycles. The molecule has 0 radical (unpaired) electrons. The van der Waals surface area contributed by atoms with Crippen LogP contribution in [0.25, 0.3) is 0 Å². The van der Waals surface area contributed by atoms with Gasteiger partial charge in [0.15, 0.2) is 9.84 Å². The third kappa shape index (κ3) is 4.30. The molecule has 1 fully saturated rings. The highest BCUT2D eigenvalue weighted by atomic mass is 32.2. The Labute approximate surface area is 126 Å². The number of nitrogens with zero attached hydrogens (tertiary/aromatic N) is 3. The lowest BCUT2D eigenvalue weighted by molar-refractivity contribution is -0.132. The van der Waals surface area contributed by atoms with Crippen molar-refractivity contribution in [3.05, 3.63) is 18.5 Å². The zero-order chi connectivity index (χ0) is 15.5. The van der Waals surface area contributed by atoms with Crippen molar-refractivity contribution in [3.63, 3.8) is 0 Å². The molecule has 7 heteroatoms. The van der Waals surface area contributed by atoms with Gasteiger partial charge in [-0.05, 0) is 24.8 Å². The van der Waals surface area contributed by atoms with Gasteiger partial charge in [0.25, 0.3) is 0 Å². The minimum atomic E-state index is -3.04. The highest BCUT2D eigenvalue weighted by Crippen LogP contribution is 2.20. The largest absolute Gasteiger partial charge is 0.341 e. The molecule has 118 valence electrons. The first-order valence-electron chi connectivity index (χ1n) is 7.35. The van der Waals surface area contributed by atoms with Crippen molar-refractivity contribution in [3.8, 4) is 0 Å². The number of aromatic nitrogens is 2. The van der Waals surface area contributed by atoms with Crippen molar-refractivity contribution in [1.82, 2.24) is 14.7 Å². The standard InChI is InChI=1S/C14H23N3O3S/c1-12(2)11-21(19,20)13-4-8-16(9-5-13)14(18)10-17-7-3-6-15-17/h3,6-7,12-13H,4-5,8-11H2,1-2H3. The zero-order valence-corrected chi connectivity index (χ0v) is 13.4. The molecule has 2 rings (SSSR count). The highest BCUT2D eigenvalue weighted by molar-refractivity contribution is 7.92. The monoisotopic (exact) mass is 313 g/mol. The van der Waals surface area contributed by atoms with Gasteiger partial charge in [0, 0.05) is 25.5 Å². The SMILES string of the molecule is CC(C)CS(=O)(=O)C1CCN(C(=O)Cn2cccn2)CC1.